The SMILES string of the molecule is COc1cc(CC(=O)COC(C)=O)c(C(=O)c2cccc(Cl)c2)cc1OC. The predicted molar refractivity (Wildman–Crippen MR) is 99.8 cm³/mol. The lowest BCUT2D eigenvalue weighted by atomic mass is 9.94. The van der Waals surface area contributed by atoms with E-state index >= 15 is 0 Å². The summed E-state index contributed by atoms with van der Waals surface area (Å²) in [5.41, 5.74) is 1.10. The van der Waals surface area contributed by atoms with Gasteiger partial charge < -0.3 is 14.2 Å². The quantitative estimate of drug-likeness (QED) is 0.508. The first-order valence-electron chi connectivity index (χ1n) is 8.06. The van der Waals surface area contributed by atoms with Crippen LogP contribution in [0.15, 0.2) is 36.4 Å². The minimum Gasteiger partial charge on any atom is -0.493 e. The Morgan fingerprint density at radius 1 is 1.00 bits per heavy atom. The van der Waals surface area contributed by atoms with Crippen LogP contribution in [0, 0.1) is 0 Å². The molecule has 0 aliphatic heterocycles. The molecule has 0 heterocycles. The third kappa shape index (κ3) is 5.31. The molecule has 2 aromatic rings. The van der Waals surface area contributed by atoms with Gasteiger partial charge in [-0.2, -0.15) is 0 Å². The number of esters is 1. The van der Waals surface area contributed by atoms with E-state index in [2.05, 4.69) is 0 Å². The second-order valence-corrected chi connectivity index (χ2v) is 6.14. The van der Waals surface area contributed by atoms with E-state index in [-0.39, 0.29) is 30.2 Å². The van der Waals surface area contributed by atoms with Gasteiger partial charge in [0.15, 0.2) is 23.1 Å². The smallest absolute Gasteiger partial charge is 0.303 e. The van der Waals surface area contributed by atoms with E-state index in [1.807, 2.05) is 0 Å². The van der Waals surface area contributed by atoms with Crippen LogP contribution < -0.4 is 9.47 Å². The Kier molecular flexibility index (Phi) is 6.96. The molecular formula is C20H19ClO6. The standard InChI is InChI=1S/C20H19ClO6/c1-12(22)27-11-16(23)8-14-9-18(25-2)19(26-3)10-17(14)20(24)13-5-4-6-15(21)7-13/h4-7,9-10H,8,11H2,1-3H3. The first kappa shape index (κ1) is 20.5. The predicted octanol–water partition coefficient (Wildman–Crippen LogP) is 3.26. The summed E-state index contributed by atoms with van der Waals surface area (Å²) in [6.45, 7) is 0.853. The summed E-state index contributed by atoms with van der Waals surface area (Å²) in [4.78, 5) is 36.0. The van der Waals surface area contributed by atoms with Crippen LogP contribution in [-0.4, -0.2) is 38.4 Å². The van der Waals surface area contributed by atoms with Crippen molar-refractivity contribution in [3.05, 3.63) is 58.1 Å². The van der Waals surface area contributed by atoms with Gasteiger partial charge in [-0.1, -0.05) is 23.7 Å². The van der Waals surface area contributed by atoms with Crippen molar-refractivity contribution in [2.24, 2.45) is 0 Å². The van der Waals surface area contributed by atoms with Crippen LogP contribution in [0.2, 0.25) is 5.02 Å². The lowest BCUT2D eigenvalue weighted by Gasteiger charge is -2.14. The van der Waals surface area contributed by atoms with E-state index in [0.29, 0.717) is 27.6 Å². The van der Waals surface area contributed by atoms with Crippen molar-refractivity contribution >= 4 is 29.1 Å². The summed E-state index contributed by atoms with van der Waals surface area (Å²) in [6, 6.07) is 9.61. The number of benzene rings is 2. The Morgan fingerprint density at radius 2 is 1.67 bits per heavy atom. The largest absolute Gasteiger partial charge is 0.493 e. The minimum absolute atomic E-state index is 0.102. The normalized spacial score (nSPS) is 10.2. The molecule has 0 bridgehead atoms. The van der Waals surface area contributed by atoms with Gasteiger partial charge in [0, 0.05) is 29.5 Å². The molecule has 0 unspecified atom stereocenters. The van der Waals surface area contributed by atoms with Crippen LogP contribution in [-0.2, 0) is 20.7 Å². The number of methoxy groups -OCH3 is 2. The number of rotatable bonds is 8. The fourth-order valence-corrected chi connectivity index (χ4v) is 2.70. The molecule has 142 valence electrons. The number of Topliss-reactive ketones (excluding diaryl/α,β-unsaturated/α-hetero) is 1. The molecular weight excluding hydrogens is 372 g/mol. The number of hydrogen-bond acceptors (Lipinski definition) is 6. The highest BCUT2D eigenvalue weighted by molar-refractivity contribution is 6.31. The Labute approximate surface area is 162 Å². The number of ketones is 2. The molecule has 0 amide bonds. The first-order valence-corrected chi connectivity index (χ1v) is 8.43. The van der Waals surface area contributed by atoms with E-state index in [9.17, 15) is 14.4 Å². The van der Waals surface area contributed by atoms with Gasteiger partial charge in [0.2, 0.25) is 0 Å². The highest BCUT2D eigenvalue weighted by Gasteiger charge is 2.20. The maximum absolute atomic E-state index is 13.0. The van der Waals surface area contributed by atoms with Gasteiger partial charge >= 0.3 is 5.97 Å². The van der Waals surface area contributed by atoms with Crippen LogP contribution in [0.3, 0.4) is 0 Å². The number of carbonyl (C=O) groups excluding carboxylic acids is 3. The summed E-state index contributed by atoms with van der Waals surface area (Å²) in [5, 5.41) is 0.425. The average Bonchev–Trinajstić information content (AvgIpc) is 2.65. The molecule has 0 fully saturated rings. The molecule has 0 spiro atoms. The van der Waals surface area contributed by atoms with Crippen LogP contribution in [0.5, 0.6) is 11.5 Å². The zero-order valence-electron chi connectivity index (χ0n) is 15.2. The molecule has 0 atom stereocenters. The zero-order valence-corrected chi connectivity index (χ0v) is 16.0. The fraction of sp³-hybridized carbons (Fsp3) is 0.250. The van der Waals surface area contributed by atoms with Crippen LogP contribution >= 0.6 is 11.6 Å². The van der Waals surface area contributed by atoms with E-state index in [0.717, 1.165) is 0 Å². The Bertz CT molecular complexity index is 875. The van der Waals surface area contributed by atoms with Gasteiger partial charge in [-0.3, -0.25) is 14.4 Å². The fourth-order valence-electron chi connectivity index (χ4n) is 2.51. The molecule has 0 N–H and O–H groups in total. The van der Waals surface area contributed by atoms with Crippen molar-refractivity contribution in [2.75, 3.05) is 20.8 Å². The van der Waals surface area contributed by atoms with Crippen LogP contribution in [0.25, 0.3) is 0 Å². The Balaban J connectivity index is 2.45. The summed E-state index contributed by atoms with van der Waals surface area (Å²) < 4.78 is 15.3. The highest BCUT2D eigenvalue weighted by Crippen LogP contribution is 2.32. The van der Waals surface area contributed by atoms with E-state index in [4.69, 9.17) is 25.8 Å². The number of hydrogen-bond donors (Lipinski definition) is 0. The van der Waals surface area contributed by atoms with E-state index in [1.165, 1.54) is 27.2 Å². The van der Waals surface area contributed by atoms with E-state index in [1.54, 1.807) is 30.3 Å². The van der Waals surface area contributed by atoms with Crippen molar-refractivity contribution < 1.29 is 28.6 Å². The maximum atomic E-state index is 13.0. The van der Waals surface area contributed by atoms with Crippen molar-refractivity contribution in [3.8, 4) is 11.5 Å². The second-order valence-electron chi connectivity index (χ2n) is 5.70. The molecule has 0 aliphatic carbocycles. The summed E-state index contributed by atoms with van der Waals surface area (Å²) in [5.74, 6) is -0.466. The van der Waals surface area contributed by atoms with Crippen molar-refractivity contribution in [2.45, 2.75) is 13.3 Å². The van der Waals surface area contributed by atoms with Gasteiger partial charge in [0.25, 0.3) is 0 Å². The van der Waals surface area contributed by atoms with Crippen molar-refractivity contribution in [3.63, 3.8) is 0 Å². The van der Waals surface area contributed by atoms with Crippen LogP contribution in [0.1, 0.15) is 28.4 Å². The molecule has 2 rings (SSSR count). The van der Waals surface area contributed by atoms with Gasteiger partial charge in [-0.15, -0.1) is 0 Å². The van der Waals surface area contributed by atoms with Crippen LogP contribution in [0.4, 0.5) is 0 Å². The minimum atomic E-state index is -0.550. The third-order valence-electron chi connectivity index (χ3n) is 3.76. The molecule has 0 aliphatic rings. The lowest BCUT2D eigenvalue weighted by molar-refractivity contribution is -0.145. The average molecular weight is 391 g/mol. The second kappa shape index (κ2) is 9.19. The zero-order chi connectivity index (χ0) is 20.0. The lowest BCUT2D eigenvalue weighted by Crippen LogP contribution is -2.16. The summed E-state index contributed by atoms with van der Waals surface area (Å²) in [7, 11) is 2.91. The van der Waals surface area contributed by atoms with Crippen molar-refractivity contribution in [1.82, 2.24) is 0 Å². The molecule has 0 aromatic heterocycles. The summed E-state index contributed by atoms with van der Waals surface area (Å²) in [6.07, 6.45) is -0.102. The van der Waals surface area contributed by atoms with Gasteiger partial charge in [-0.05, 0) is 29.8 Å². The molecule has 6 nitrogen and oxygen atoms in total. The van der Waals surface area contributed by atoms with Gasteiger partial charge in [0.1, 0.15) is 6.61 Å². The number of carbonyl (C=O) groups is 3. The maximum Gasteiger partial charge on any atom is 0.303 e. The molecule has 27 heavy (non-hydrogen) atoms. The Morgan fingerprint density at radius 3 is 2.26 bits per heavy atom. The number of ether oxygens (including phenoxy) is 3. The van der Waals surface area contributed by atoms with Gasteiger partial charge in [0.05, 0.1) is 14.2 Å². The topological polar surface area (TPSA) is 78.9 Å². The molecule has 2 aromatic carbocycles. The first-order chi connectivity index (χ1) is 12.8. The van der Waals surface area contributed by atoms with E-state index < -0.39 is 5.97 Å². The molecule has 0 saturated heterocycles. The highest BCUT2D eigenvalue weighted by atomic mass is 35.5. The Hall–Kier alpha value is -2.86. The van der Waals surface area contributed by atoms with Gasteiger partial charge in [-0.25, -0.2) is 0 Å². The molecule has 0 radical (unpaired) electrons. The molecule has 0 saturated carbocycles. The summed E-state index contributed by atoms with van der Waals surface area (Å²) >= 11 is 5.98. The third-order valence-corrected chi connectivity index (χ3v) is 4.00. The molecule has 7 heteroatoms. The monoisotopic (exact) mass is 390 g/mol. The number of halogens is 1. The van der Waals surface area contributed by atoms with Crippen molar-refractivity contribution in [1.29, 1.82) is 0 Å².